The van der Waals surface area contributed by atoms with Gasteiger partial charge in [0.1, 0.15) is 11.7 Å². The quantitative estimate of drug-likeness (QED) is 0.895. The van der Waals surface area contributed by atoms with Gasteiger partial charge in [0.25, 0.3) is 0 Å². The van der Waals surface area contributed by atoms with Crippen molar-refractivity contribution in [3.8, 4) is 5.88 Å². The molecular weight excluding hydrogens is 232 g/mol. The highest BCUT2D eigenvalue weighted by Crippen LogP contribution is 2.25. The van der Waals surface area contributed by atoms with E-state index < -0.39 is 11.7 Å². The van der Waals surface area contributed by atoms with E-state index in [4.69, 9.17) is 9.47 Å². The summed E-state index contributed by atoms with van der Waals surface area (Å²) in [4.78, 5) is 15.6. The molecule has 1 aromatic heterocycles. The molecule has 5 nitrogen and oxygen atoms in total. The Labute approximate surface area is 107 Å². The Bertz CT molecular complexity index is 419. The molecule has 1 fully saturated rings. The number of amides is 1. The Morgan fingerprint density at radius 2 is 2.11 bits per heavy atom. The smallest absolute Gasteiger partial charge is 0.412 e. The average Bonchev–Trinajstić information content (AvgIpc) is 3.02. The first-order chi connectivity index (χ1) is 8.42. The summed E-state index contributed by atoms with van der Waals surface area (Å²) >= 11 is 0. The minimum atomic E-state index is -0.507. The predicted molar refractivity (Wildman–Crippen MR) is 67.7 cm³/mol. The van der Waals surface area contributed by atoms with E-state index in [0.29, 0.717) is 17.7 Å². The van der Waals surface area contributed by atoms with Gasteiger partial charge in [0.15, 0.2) is 0 Å². The van der Waals surface area contributed by atoms with Crippen LogP contribution >= 0.6 is 0 Å². The number of hydrogen-bond acceptors (Lipinski definition) is 4. The van der Waals surface area contributed by atoms with Gasteiger partial charge in [0, 0.05) is 6.07 Å². The molecule has 18 heavy (non-hydrogen) atoms. The summed E-state index contributed by atoms with van der Waals surface area (Å²) in [6, 6.07) is 3.49. The molecule has 0 bridgehead atoms. The molecule has 1 aromatic rings. The predicted octanol–water partition coefficient (Wildman–Crippen LogP) is 2.97. The van der Waals surface area contributed by atoms with E-state index in [1.807, 2.05) is 20.8 Å². The van der Waals surface area contributed by atoms with Crippen LogP contribution in [0.4, 0.5) is 10.5 Å². The van der Waals surface area contributed by atoms with Gasteiger partial charge in [-0.2, -0.15) is 0 Å². The van der Waals surface area contributed by atoms with E-state index >= 15 is 0 Å². The molecule has 0 unspecified atom stereocenters. The third-order valence-electron chi connectivity index (χ3n) is 2.19. The summed E-state index contributed by atoms with van der Waals surface area (Å²) in [7, 11) is 0. The maximum atomic E-state index is 11.5. The summed E-state index contributed by atoms with van der Waals surface area (Å²) in [5.41, 5.74) is 0.0828. The number of hydrogen-bond donors (Lipinski definition) is 1. The Kier molecular flexibility index (Phi) is 3.41. The van der Waals surface area contributed by atoms with Gasteiger partial charge in [-0.3, -0.25) is 5.32 Å². The third-order valence-corrected chi connectivity index (χ3v) is 2.19. The fourth-order valence-corrected chi connectivity index (χ4v) is 1.30. The first-order valence-electron chi connectivity index (χ1n) is 6.05. The van der Waals surface area contributed by atoms with Gasteiger partial charge < -0.3 is 9.47 Å². The van der Waals surface area contributed by atoms with E-state index in [2.05, 4.69) is 10.3 Å². The normalized spacial score (nSPS) is 15.1. The molecule has 1 N–H and O–H groups in total. The second-order valence-corrected chi connectivity index (χ2v) is 5.33. The monoisotopic (exact) mass is 250 g/mol. The lowest BCUT2D eigenvalue weighted by Crippen LogP contribution is -2.27. The molecular formula is C13H18N2O3. The molecule has 98 valence electrons. The molecule has 0 radical (unpaired) electrons. The fourth-order valence-electron chi connectivity index (χ4n) is 1.30. The number of nitrogens with zero attached hydrogens (tertiary/aromatic N) is 1. The van der Waals surface area contributed by atoms with E-state index in [9.17, 15) is 4.79 Å². The molecule has 1 saturated carbocycles. The molecule has 1 aliphatic rings. The van der Waals surface area contributed by atoms with Crippen molar-refractivity contribution in [3.63, 3.8) is 0 Å². The highest BCUT2D eigenvalue weighted by Gasteiger charge is 2.24. The molecule has 0 atom stereocenters. The molecule has 2 rings (SSSR count). The Hall–Kier alpha value is -1.78. The van der Waals surface area contributed by atoms with Crippen LogP contribution in [0.2, 0.25) is 0 Å². The van der Waals surface area contributed by atoms with Crippen molar-refractivity contribution in [1.82, 2.24) is 4.98 Å². The lowest BCUT2D eigenvalue weighted by molar-refractivity contribution is 0.0636. The summed E-state index contributed by atoms with van der Waals surface area (Å²) in [5, 5.41) is 2.62. The van der Waals surface area contributed by atoms with Crippen molar-refractivity contribution < 1.29 is 14.3 Å². The highest BCUT2D eigenvalue weighted by atomic mass is 16.6. The number of carbonyl (C=O) groups excluding carboxylic acids is 1. The molecule has 1 aliphatic carbocycles. The van der Waals surface area contributed by atoms with Gasteiger partial charge in [-0.05, 0) is 39.7 Å². The maximum Gasteiger partial charge on any atom is 0.412 e. The van der Waals surface area contributed by atoms with Crippen LogP contribution in [0.15, 0.2) is 18.3 Å². The number of pyridine rings is 1. The molecule has 0 aromatic carbocycles. The highest BCUT2D eigenvalue weighted by molar-refractivity contribution is 5.84. The number of nitrogens with one attached hydrogen (secondary N) is 1. The van der Waals surface area contributed by atoms with Crippen molar-refractivity contribution in [2.45, 2.75) is 45.3 Å². The topological polar surface area (TPSA) is 60.5 Å². The number of carbonyl (C=O) groups is 1. The van der Waals surface area contributed by atoms with Crippen molar-refractivity contribution in [2.24, 2.45) is 0 Å². The van der Waals surface area contributed by atoms with E-state index in [0.717, 1.165) is 12.8 Å². The summed E-state index contributed by atoms with van der Waals surface area (Å²) < 4.78 is 10.6. The van der Waals surface area contributed by atoms with Gasteiger partial charge in [-0.1, -0.05) is 0 Å². The zero-order chi connectivity index (χ0) is 13.2. The van der Waals surface area contributed by atoms with Crippen molar-refractivity contribution >= 4 is 11.8 Å². The minimum absolute atomic E-state index is 0.321. The van der Waals surface area contributed by atoms with Gasteiger partial charge in [-0.15, -0.1) is 0 Å². The standard InChI is InChI=1S/C13H18N2O3/c1-13(2,3)18-12(16)15-9-4-7-11(14-8-9)17-10-5-6-10/h4,7-8,10H,5-6H2,1-3H3,(H,15,16). The minimum Gasteiger partial charge on any atom is -0.474 e. The molecule has 1 heterocycles. The van der Waals surface area contributed by atoms with Crippen LogP contribution in [0.25, 0.3) is 0 Å². The Morgan fingerprint density at radius 3 is 2.61 bits per heavy atom. The van der Waals surface area contributed by atoms with Gasteiger partial charge in [-0.25, -0.2) is 9.78 Å². The first-order valence-corrected chi connectivity index (χ1v) is 6.05. The lowest BCUT2D eigenvalue weighted by atomic mass is 10.2. The lowest BCUT2D eigenvalue weighted by Gasteiger charge is -2.19. The third kappa shape index (κ3) is 4.24. The summed E-state index contributed by atoms with van der Waals surface area (Å²) in [6.45, 7) is 5.45. The SMILES string of the molecule is CC(C)(C)OC(=O)Nc1ccc(OC2CC2)nc1. The van der Waals surface area contributed by atoms with Gasteiger partial charge >= 0.3 is 6.09 Å². The average molecular weight is 250 g/mol. The maximum absolute atomic E-state index is 11.5. The van der Waals surface area contributed by atoms with Gasteiger partial charge in [0.05, 0.1) is 11.9 Å². The van der Waals surface area contributed by atoms with Crippen molar-refractivity contribution in [3.05, 3.63) is 18.3 Å². The molecule has 5 heteroatoms. The van der Waals surface area contributed by atoms with Crippen LogP contribution < -0.4 is 10.1 Å². The van der Waals surface area contributed by atoms with Crippen LogP contribution in [0.5, 0.6) is 5.88 Å². The zero-order valence-electron chi connectivity index (χ0n) is 10.9. The molecule has 0 saturated heterocycles. The first kappa shape index (κ1) is 12.7. The van der Waals surface area contributed by atoms with Crippen LogP contribution in [-0.4, -0.2) is 22.8 Å². The second-order valence-electron chi connectivity index (χ2n) is 5.33. The van der Waals surface area contributed by atoms with Crippen LogP contribution in [0.1, 0.15) is 33.6 Å². The van der Waals surface area contributed by atoms with E-state index in [-0.39, 0.29) is 0 Å². The zero-order valence-corrected chi connectivity index (χ0v) is 10.9. The van der Waals surface area contributed by atoms with E-state index in [1.54, 1.807) is 18.3 Å². The fraction of sp³-hybridized carbons (Fsp3) is 0.538. The number of ether oxygens (including phenoxy) is 2. The Balaban J connectivity index is 1.87. The summed E-state index contributed by atoms with van der Waals surface area (Å²) in [5.74, 6) is 0.590. The number of aromatic nitrogens is 1. The largest absolute Gasteiger partial charge is 0.474 e. The molecule has 0 aliphatic heterocycles. The number of anilines is 1. The van der Waals surface area contributed by atoms with Crippen molar-refractivity contribution in [1.29, 1.82) is 0 Å². The van der Waals surface area contributed by atoms with Crippen molar-refractivity contribution in [2.75, 3.05) is 5.32 Å². The van der Waals surface area contributed by atoms with Crippen LogP contribution in [0.3, 0.4) is 0 Å². The molecule has 0 spiro atoms. The second kappa shape index (κ2) is 4.84. The Morgan fingerprint density at radius 1 is 1.39 bits per heavy atom. The summed E-state index contributed by atoms with van der Waals surface area (Å²) in [6.07, 6.45) is 3.59. The van der Waals surface area contributed by atoms with E-state index in [1.165, 1.54) is 0 Å². The number of rotatable bonds is 3. The molecule has 1 amide bonds. The van der Waals surface area contributed by atoms with Crippen LogP contribution in [0, 0.1) is 0 Å². The van der Waals surface area contributed by atoms with Crippen LogP contribution in [-0.2, 0) is 4.74 Å². The van der Waals surface area contributed by atoms with Gasteiger partial charge in [0.2, 0.25) is 5.88 Å².